The van der Waals surface area contributed by atoms with Gasteiger partial charge in [0, 0.05) is 56.6 Å². The Morgan fingerprint density at radius 3 is 2.30 bits per heavy atom. The summed E-state index contributed by atoms with van der Waals surface area (Å²) >= 11 is 5.97. The summed E-state index contributed by atoms with van der Waals surface area (Å²) in [5, 5.41) is 0.696. The molecule has 27 heavy (non-hydrogen) atoms. The SMILES string of the molecule is CCOCCN1CCN(C2(C)CCN(c3ccc(Cl)cc3)C2=O)CC1.Cl.Cl. The van der Waals surface area contributed by atoms with Crippen LogP contribution in [0.15, 0.2) is 24.3 Å². The number of hydrogen-bond donors (Lipinski definition) is 0. The third-order valence-electron chi connectivity index (χ3n) is 5.49. The van der Waals surface area contributed by atoms with Crippen LogP contribution in [0, 0.1) is 0 Å². The summed E-state index contributed by atoms with van der Waals surface area (Å²) < 4.78 is 5.45. The van der Waals surface area contributed by atoms with Gasteiger partial charge in [0.2, 0.25) is 5.91 Å². The van der Waals surface area contributed by atoms with Crippen LogP contribution in [-0.2, 0) is 9.53 Å². The monoisotopic (exact) mass is 437 g/mol. The molecule has 8 heteroatoms. The summed E-state index contributed by atoms with van der Waals surface area (Å²) in [7, 11) is 0. The number of piperazine rings is 1. The quantitative estimate of drug-likeness (QED) is 0.638. The molecular weight excluding hydrogens is 409 g/mol. The van der Waals surface area contributed by atoms with Gasteiger partial charge in [0.1, 0.15) is 0 Å². The maximum atomic E-state index is 13.1. The van der Waals surface area contributed by atoms with Gasteiger partial charge in [-0.2, -0.15) is 0 Å². The number of halogens is 3. The van der Waals surface area contributed by atoms with Crippen molar-refractivity contribution in [2.75, 3.05) is 57.4 Å². The van der Waals surface area contributed by atoms with Gasteiger partial charge < -0.3 is 9.64 Å². The van der Waals surface area contributed by atoms with Crippen molar-refractivity contribution in [2.24, 2.45) is 0 Å². The van der Waals surface area contributed by atoms with E-state index in [1.54, 1.807) is 0 Å². The summed E-state index contributed by atoms with van der Waals surface area (Å²) in [6.07, 6.45) is 0.868. The predicted octanol–water partition coefficient (Wildman–Crippen LogP) is 3.33. The van der Waals surface area contributed by atoms with Gasteiger partial charge >= 0.3 is 0 Å². The minimum Gasteiger partial charge on any atom is -0.380 e. The van der Waals surface area contributed by atoms with Crippen molar-refractivity contribution < 1.29 is 9.53 Å². The van der Waals surface area contributed by atoms with Gasteiger partial charge in [-0.05, 0) is 44.5 Å². The second-order valence-electron chi connectivity index (χ2n) is 6.98. The molecule has 0 aliphatic carbocycles. The molecule has 1 unspecified atom stereocenters. The Bertz CT molecular complexity index is 594. The Kier molecular flexibility index (Phi) is 9.83. The number of hydrogen-bond acceptors (Lipinski definition) is 4. The third kappa shape index (κ3) is 5.49. The molecule has 154 valence electrons. The van der Waals surface area contributed by atoms with E-state index in [9.17, 15) is 4.79 Å². The molecule has 0 radical (unpaired) electrons. The lowest BCUT2D eigenvalue weighted by molar-refractivity contribution is -0.128. The smallest absolute Gasteiger partial charge is 0.247 e. The first-order valence-corrected chi connectivity index (χ1v) is 9.55. The zero-order chi connectivity index (χ0) is 17.9. The fourth-order valence-corrected chi connectivity index (χ4v) is 3.92. The number of carbonyl (C=O) groups is 1. The summed E-state index contributed by atoms with van der Waals surface area (Å²) in [6.45, 7) is 11.3. The summed E-state index contributed by atoms with van der Waals surface area (Å²) in [6, 6.07) is 7.54. The number of nitrogens with zero attached hydrogens (tertiary/aromatic N) is 3. The Morgan fingerprint density at radius 1 is 1.07 bits per heavy atom. The largest absolute Gasteiger partial charge is 0.380 e. The van der Waals surface area contributed by atoms with Crippen LogP contribution in [0.25, 0.3) is 0 Å². The van der Waals surface area contributed by atoms with E-state index >= 15 is 0 Å². The van der Waals surface area contributed by atoms with E-state index < -0.39 is 5.54 Å². The van der Waals surface area contributed by atoms with Crippen molar-refractivity contribution >= 4 is 48.0 Å². The molecule has 0 spiro atoms. The number of amides is 1. The minimum atomic E-state index is -0.397. The molecule has 0 saturated carbocycles. The molecule has 2 aliphatic heterocycles. The highest BCUT2D eigenvalue weighted by Crippen LogP contribution is 2.33. The standard InChI is InChI=1S/C19H28ClN3O2.2ClH/c1-3-25-15-14-21-10-12-22(13-11-21)19(2)8-9-23(18(19)24)17-6-4-16(20)5-7-17;;/h4-7H,3,8-15H2,1-2H3;2*1H. The van der Waals surface area contributed by atoms with Crippen LogP contribution >= 0.6 is 36.4 Å². The molecule has 1 aromatic carbocycles. The van der Waals surface area contributed by atoms with Crippen LogP contribution < -0.4 is 4.90 Å². The molecule has 2 fully saturated rings. The van der Waals surface area contributed by atoms with Gasteiger partial charge in [0.15, 0.2) is 0 Å². The first kappa shape index (κ1) is 24.5. The first-order chi connectivity index (χ1) is 12.0. The van der Waals surface area contributed by atoms with Crippen molar-refractivity contribution in [1.29, 1.82) is 0 Å². The molecular formula is C19H30Cl3N3O2. The maximum Gasteiger partial charge on any atom is 0.247 e. The molecule has 0 bridgehead atoms. The summed E-state index contributed by atoms with van der Waals surface area (Å²) in [5.74, 6) is 0.206. The highest BCUT2D eigenvalue weighted by molar-refractivity contribution is 6.30. The summed E-state index contributed by atoms with van der Waals surface area (Å²) in [4.78, 5) is 19.8. The van der Waals surface area contributed by atoms with Crippen LogP contribution in [0.1, 0.15) is 20.3 Å². The minimum absolute atomic E-state index is 0. The lowest BCUT2D eigenvalue weighted by atomic mass is 9.97. The molecule has 2 saturated heterocycles. The average molecular weight is 439 g/mol. The van der Waals surface area contributed by atoms with Crippen molar-refractivity contribution in [3.8, 4) is 0 Å². The van der Waals surface area contributed by atoms with Crippen molar-refractivity contribution in [3.05, 3.63) is 29.3 Å². The third-order valence-corrected chi connectivity index (χ3v) is 5.74. The van der Waals surface area contributed by atoms with Crippen LogP contribution in [0.5, 0.6) is 0 Å². The van der Waals surface area contributed by atoms with Gasteiger partial charge in [-0.25, -0.2) is 0 Å². The fraction of sp³-hybridized carbons (Fsp3) is 0.632. The van der Waals surface area contributed by atoms with Crippen LogP contribution in [0.2, 0.25) is 5.02 Å². The van der Waals surface area contributed by atoms with Crippen LogP contribution in [0.4, 0.5) is 5.69 Å². The molecule has 0 aromatic heterocycles. The van der Waals surface area contributed by atoms with E-state index in [0.717, 1.165) is 64.6 Å². The van der Waals surface area contributed by atoms with E-state index in [0.29, 0.717) is 5.02 Å². The number of carbonyl (C=O) groups excluding carboxylic acids is 1. The van der Waals surface area contributed by atoms with Crippen LogP contribution in [0.3, 0.4) is 0 Å². The lowest BCUT2D eigenvalue weighted by Gasteiger charge is -2.42. The number of benzene rings is 1. The second-order valence-corrected chi connectivity index (χ2v) is 7.42. The molecule has 1 aromatic rings. The maximum absolute atomic E-state index is 13.1. The molecule has 5 nitrogen and oxygen atoms in total. The highest BCUT2D eigenvalue weighted by atomic mass is 35.5. The van der Waals surface area contributed by atoms with E-state index in [1.807, 2.05) is 36.1 Å². The lowest BCUT2D eigenvalue weighted by Crippen LogP contribution is -2.59. The average Bonchev–Trinajstić information content (AvgIpc) is 2.93. The molecule has 1 amide bonds. The molecule has 3 rings (SSSR count). The zero-order valence-corrected chi connectivity index (χ0v) is 18.4. The fourth-order valence-electron chi connectivity index (χ4n) is 3.79. The first-order valence-electron chi connectivity index (χ1n) is 9.17. The number of ether oxygens (including phenoxy) is 1. The van der Waals surface area contributed by atoms with E-state index in [2.05, 4.69) is 16.7 Å². The van der Waals surface area contributed by atoms with Gasteiger partial charge in [-0.3, -0.25) is 14.6 Å². The molecule has 2 aliphatic rings. The Morgan fingerprint density at radius 2 is 1.70 bits per heavy atom. The normalized spacial score (nSPS) is 23.8. The predicted molar refractivity (Wildman–Crippen MR) is 116 cm³/mol. The Hall–Kier alpha value is -0.560. The van der Waals surface area contributed by atoms with E-state index in [1.165, 1.54) is 0 Å². The highest BCUT2D eigenvalue weighted by Gasteiger charge is 2.48. The van der Waals surface area contributed by atoms with E-state index in [4.69, 9.17) is 16.3 Å². The van der Waals surface area contributed by atoms with Crippen molar-refractivity contribution in [2.45, 2.75) is 25.8 Å². The van der Waals surface area contributed by atoms with Gasteiger partial charge in [-0.1, -0.05) is 11.6 Å². The molecule has 1 atom stereocenters. The second kappa shape index (κ2) is 10.8. The van der Waals surface area contributed by atoms with Gasteiger partial charge in [-0.15, -0.1) is 24.8 Å². The topological polar surface area (TPSA) is 36.0 Å². The zero-order valence-electron chi connectivity index (χ0n) is 16.0. The molecule has 0 N–H and O–H groups in total. The Balaban J connectivity index is 0.00000182. The Labute approximate surface area is 179 Å². The van der Waals surface area contributed by atoms with Gasteiger partial charge in [0.05, 0.1) is 12.1 Å². The number of rotatable bonds is 6. The van der Waals surface area contributed by atoms with Crippen LogP contribution in [-0.4, -0.2) is 73.7 Å². The van der Waals surface area contributed by atoms with Crippen molar-refractivity contribution in [1.82, 2.24) is 9.80 Å². The number of anilines is 1. The van der Waals surface area contributed by atoms with Crippen molar-refractivity contribution in [3.63, 3.8) is 0 Å². The molecule has 2 heterocycles. The van der Waals surface area contributed by atoms with E-state index in [-0.39, 0.29) is 30.7 Å². The van der Waals surface area contributed by atoms with Gasteiger partial charge in [0.25, 0.3) is 0 Å². The summed E-state index contributed by atoms with van der Waals surface area (Å²) in [5.41, 5.74) is 0.541.